The molecule has 1 aliphatic heterocycles. The summed E-state index contributed by atoms with van der Waals surface area (Å²) in [6.07, 6.45) is 0. The van der Waals surface area contributed by atoms with Crippen LogP contribution < -0.4 is 5.46 Å². The van der Waals surface area contributed by atoms with Gasteiger partial charge < -0.3 is 9.31 Å². The molecule has 0 unspecified atom stereocenters. The molecular formula is C45H35BClN5O2. The number of aromatic nitrogens is 5. The number of hydrogen-bond donors (Lipinski definition) is 0. The van der Waals surface area contributed by atoms with E-state index in [9.17, 15) is 0 Å². The lowest BCUT2D eigenvalue weighted by Gasteiger charge is -2.32. The molecule has 0 saturated carbocycles. The zero-order chi connectivity index (χ0) is 37.0. The van der Waals surface area contributed by atoms with Crippen LogP contribution in [0.4, 0.5) is 0 Å². The maximum Gasteiger partial charge on any atom is 0.494 e. The van der Waals surface area contributed by atoms with Crippen LogP contribution in [0.15, 0.2) is 140 Å². The van der Waals surface area contributed by atoms with Gasteiger partial charge in [-0.25, -0.2) is 15.0 Å². The first-order chi connectivity index (χ1) is 26.1. The summed E-state index contributed by atoms with van der Waals surface area (Å²) in [7, 11) is -0.486. The second-order valence-electron chi connectivity index (χ2n) is 14.6. The van der Waals surface area contributed by atoms with Crippen molar-refractivity contribution in [3.63, 3.8) is 0 Å². The zero-order valence-electron chi connectivity index (χ0n) is 30.3. The number of rotatable bonds is 6. The molecule has 3 heterocycles. The van der Waals surface area contributed by atoms with Gasteiger partial charge in [-0.1, -0.05) is 127 Å². The fourth-order valence-corrected chi connectivity index (χ4v) is 7.01. The summed E-state index contributed by atoms with van der Waals surface area (Å²) in [4.78, 5) is 24.0. The Labute approximate surface area is 319 Å². The van der Waals surface area contributed by atoms with E-state index in [4.69, 9.17) is 35.9 Å². The topological polar surface area (TPSA) is 82.9 Å². The molecule has 6 aromatic carbocycles. The van der Waals surface area contributed by atoms with Crippen molar-refractivity contribution in [3.05, 3.63) is 145 Å². The largest absolute Gasteiger partial charge is 0.494 e. The van der Waals surface area contributed by atoms with Gasteiger partial charge in [-0.2, -0.15) is 9.97 Å². The number of halogens is 1. The van der Waals surface area contributed by atoms with E-state index in [-0.39, 0.29) is 5.28 Å². The van der Waals surface area contributed by atoms with E-state index in [2.05, 4.69) is 110 Å². The molecule has 1 fully saturated rings. The van der Waals surface area contributed by atoms with Crippen LogP contribution in [0.25, 0.3) is 78.2 Å². The highest BCUT2D eigenvalue weighted by Gasteiger charge is 2.51. The van der Waals surface area contributed by atoms with Crippen LogP contribution in [-0.4, -0.2) is 43.2 Å². The lowest BCUT2D eigenvalue weighted by molar-refractivity contribution is 0.00578. The van der Waals surface area contributed by atoms with Gasteiger partial charge in [0.2, 0.25) is 5.28 Å². The maximum absolute atomic E-state index is 6.44. The highest BCUT2D eigenvalue weighted by atomic mass is 35.5. The van der Waals surface area contributed by atoms with Gasteiger partial charge in [0.1, 0.15) is 0 Å². The number of nitrogens with zero attached hydrogens (tertiary/aromatic N) is 5. The van der Waals surface area contributed by atoms with Crippen LogP contribution in [0.5, 0.6) is 0 Å². The minimum absolute atomic E-state index is 0.151. The van der Waals surface area contributed by atoms with Crippen molar-refractivity contribution < 1.29 is 9.31 Å². The van der Waals surface area contributed by atoms with E-state index in [0.717, 1.165) is 66.2 Å². The highest BCUT2D eigenvalue weighted by Crippen LogP contribution is 2.38. The molecule has 0 aliphatic carbocycles. The molecule has 0 bridgehead atoms. The van der Waals surface area contributed by atoms with Crippen LogP contribution in [-0.2, 0) is 9.31 Å². The molecule has 54 heavy (non-hydrogen) atoms. The van der Waals surface area contributed by atoms with Gasteiger partial charge in [0.05, 0.1) is 22.4 Å². The fourth-order valence-electron chi connectivity index (χ4n) is 6.85. The molecule has 262 valence electrons. The van der Waals surface area contributed by atoms with Crippen molar-refractivity contribution in [1.82, 2.24) is 24.9 Å². The van der Waals surface area contributed by atoms with E-state index in [1.807, 2.05) is 66.7 Å². The minimum Gasteiger partial charge on any atom is -0.399 e. The van der Waals surface area contributed by atoms with Crippen LogP contribution in [0.3, 0.4) is 0 Å². The fraction of sp³-hybridized carbons (Fsp3) is 0.133. The number of fused-ring (bicyclic) bond motifs is 3. The van der Waals surface area contributed by atoms with Crippen molar-refractivity contribution in [2.45, 2.75) is 38.9 Å². The molecule has 1 saturated heterocycles. The predicted molar refractivity (Wildman–Crippen MR) is 218 cm³/mol. The normalized spacial score (nSPS) is 14.9. The summed E-state index contributed by atoms with van der Waals surface area (Å²) in [6.45, 7) is 8.30. The third-order valence-corrected chi connectivity index (χ3v) is 10.7. The second kappa shape index (κ2) is 13.3. The number of hydrogen-bond acceptors (Lipinski definition) is 7. The SMILES string of the molecule is CC1(C)OB(c2ccc3ccc4c(-c5ccccc5)nc(-c5cccc(-c6ccc(-c7nc(Cl)nc(-c8ccccc8)n7)cc6)c5)nc4c3c2)OC1(C)C. The van der Waals surface area contributed by atoms with E-state index in [1.165, 1.54) is 0 Å². The Hall–Kier alpha value is -5.80. The van der Waals surface area contributed by atoms with Crippen molar-refractivity contribution in [2.75, 3.05) is 0 Å². The average molecular weight is 724 g/mol. The van der Waals surface area contributed by atoms with Gasteiger partial charge in [0, 0.05) is 33.0 Å². The van der Waals surface area contributed by atoms with E-state index < -0.39 is 18.3 Å². The molecule has 0 N–H and O–H groups in total. The summed E-state index contributed by atoms with van der Waals surface area (Å²) in [6, 6.07) is 47.2. The lowest BCUT2D eigenvalue weighted by atomic mass is 9.78. The van der Waals surface area contributed by atoms with E-state index in [0.29, 0.717) is 17.5 Å². The molecule has 2 aromatic heterocycles. The quantitative estimate of drug-likeness (QED) is 0.125. The van der Waals surface area contributed by atoms with Gasteiger partial charge in [-0.05, 0) is 73.4 Å². The monoisotopic (exact) mass is 723 g/mol. The molecule has 0 spiro atoms. The molecule has 7 nitrogen and oxygen atoms in total. The van der Waals surface area contributed by atoms with Gasteiger partial charge in [0.15, 0.2) is 17.5 Å². The summed E-state index contributed by atoms with van der Waals surface area (Å²) in [5.41, 5.74) is 7.52. The summed E-state index contributed by atoms with van der Waals surface area (Å²) in [5, 5.41) is 3.22. The van der Waals surface area contributed by atoms with Crippen LogP contribution in [0.1, 0.15) is 27.7 Å². The second-order valence-corrected chi connectivity index (χ2v) is 14.9. The summed E-state index contributed by atoms with van der Waals surface area (Å²) < 4.78 is 12.9. The predicted octanol–water partition coefficient (Wildman–Crippen LogP) is 10.3. The van der Waals surface area contributed by atoms with Crippen molar-refractivity contribution in [3.8, 4) is 56.5 Å². The van der Waals surface area contributed by atoms with Gasteiger partial charge in [0.25, 0.3) is 0 Å². The van der Waals surface area contributed by atoms with Gasteiger partial charge in [-0.3, -0.25) is 0 Å². The molecule has 8 aromatic rings. The average Bonchev–Trinajstić information content (AvgIpc) is 3.43. The van der Waals surface area contributed by atoms with Crippen molar-refractivity contribution in [2.24, 2.45) is 0 Å². The Kier molecular flexibility index (Phi) is 8.34. The molecule has 0 radical (unpaired) electrons. The summed E-state index contributed by atoms with van der Waals surface area (Å²) >= 11 is 6.34. The zero-order valence-corrected chi connectivity index (χ0v) is 31.0. The Balaban J connectivity index is 1.12. The Morgan fingerprint density at radius 3 is 1.70 bits per heavy atom. The first-order valence-electron chi connectivity index (χ1n) is 18.0. The maximum atomic E-state index is 6.44. The van der Waals surface area contributed by atoms with Gasteiger partial charge >= 0.3 is 7.12 Å². The van der Waals surface area contributed by atoms with Gasteiger partial charge in [-0.15, -0.1) is 0 Å². The number of benzene rings is 6. The first kappa shape index (κ1) is 34.0. The van der Waals surface area contributed by atoms with Crippen molar-refractivity contribution >= 4 is 45.9 Å². The molecule has 9 rings (SSSR count). The minimum atomic E-state index is -0.486. The highest BCUT2D eigenvalue weighted by molar-refractivity contribution is 6.62. The Bertz CT molecular complexity index is 2670. The molecular weight excluding hydrogens is 689 g/mol. The summed E-state index contributed by atoms with van der Waals surface area (Å²) in [5.74, 6) is 1.69. The van der Waals surface area contributed by atoms with Crippen LogP contribution in [0, 0.1) is 0 Å². The van der Waals surface area contributed by atoms with Crippen LogP contribution >= 0.6 is 11.6 Å². The Morgan fingerprint density at radius 2 is 1.02 bits per heavy atom. The Morgan fingerprint density at radius 1 is 0.463 bits per heavy atom. The van der Waals surface area contributed by atoms with Crippen LogP contribution in [0.2, 0.25) is 5.28 Å². The molecule has 0 amide bonds. The third kappa shape index (κ3) is 6.22. The lowest BCUT2D eigenvalue weighted by Crippen LogP contribution is -2.41. The standard InChI is InChI=1S/C45H35BClN5O2/c1-44(2)45(3,4)54-46(53-44)35-24-22-29-23-25-36-38(30-12-7-5-8-13-30)48-42(49-39(36)37(29)27-35)34-17-11-16-33(26-34)28-18-20-32(21-19-28)41-50-40(51-43(47)52-41)31-14-9-6-10-15-31/h5-27H,1-4H3. The third-order valence-electron chi connectivity index (χ3n) is 10.5. The first-order valence-corrected chi connectivity index (χ1v) is 18.3. The molecule has 1 aliphatic rings. The van der Waals surface area contributed by atoms with E-state index >= 15 is 0 Å². The van der Waals surface area contributed by atoms with E-state index in [1.54, 1.807) is 0 Å². The smallest absolute Gasteiger partial charge is 0.399 e. The molecule has 0 atom stereocenters. The molecule has 9 heteroatoms. The van der Waals surface area contributed by atoms with Crippen molar-refractivity contribution in [1.29, 1.82) is 0 Å².